The van der Waals surface area contributed by atoms with E-state index in [2.05, 4.69) is 0 Å². The number of aliphatic hydroxyl groups excluding tert-OH is 1. The number of halogens is 1. The minimum absolute atomic E-state index is 0.106. The van der Waals surface area contributed by atoms with Gasteiger partial charge in [0.15, 0.2) is 0 Å². The molecule has 14 heavy (non-hydrogen) atoms. The zero-order valence-electron chi connectivity index (χ0n) is 7.52. The SMILES string of the molecule is OC1COCC1Sc1ccccc1Cl. The summed E-state index contributed by atoms with van der Waals surface area (Å²) in [6, 6.07) is 7.65. The number of aliphatic hydroxyl groups is 1. The van der Waals surface area contributed by atoms with Crippen LogP contribution in [0.2, 0.25) is 5.02 Å². The van der Waals surface area contributed by atoms with Crippen LogP contribution in [0.1, 0.15) is 0 Å². The third-order valence-electron chi connectivity index (χ3n) is 2.11. The van der Waals surface area contributed by atoms with Gasteiger partial charge in [-0.25, -0.2) is 0 Å². The Kier molecular flexibility index (Phi) is 3.34. The largest absolute Gasteiger partial charge is 0.389 e. The first-order chi connectivity index (χ1) is 6.77. The molecular formula is C10H11ClO2S. The first kappa shape index (κ1) is 10.3. The molecule has 0 aliphatic carbocycles. The van der Waals surface area contributed by atoms with Crippen LogP contribution in [0.15, 0.2) is 29.2 Å². The van der Waals surface area contributed by atoms with Gasteiger partial charge in [-0.2, -0.15) is 0 Å². The van der Waals surface area contributed by atoms with Crippen LogP contribution in [0.3, 0.4) is 0 Å². The van der Waals surface area contributed by atoms with E-state index in [-0.39, 0.29) is 11.4 Å². The molecule has 1 aliphatic heterocycles. The zero-order chi connectivity index (χ0) is 9.97. The molecule has 0 radical (unpaired) electrons. The summed E-state index contributed by atoms with van der Waals surface area (Å²) in [5, 5.41) is 10.4. The van der Waals surface area contributed by atoms with E-state index in [0.29, 0.717) is 13.2 Å². The predicted molar refractivity (Wildman–Crippen MR) is 57.9 cm³/mol. The highest BCUT2D eigenvalue weighted by molar-refractivity contribution is 8.00. The lowest BCUT2D eigenvalue weighted by Crippen LogP contribution is -2.19. The van der Waals surface area contributed by atoms with Crippen molar-refractivity contribution in [1.82, 2.24) is 0 Å². The topological polar surface area (TPSA) is 29.5 Å². The molecule has 2 atom stereocenters. The van der Waals surface area contributed by atoms with Crippen LogP contribution in [-0.4, -0.2) is 29.7 Å². The van der Waals surface area contributed by atoms with Gasteiger partial charge in [-0.15, -0.1) is 11.8 Å². The van der Waals surface area contributed by atoms with Gasteiger partial charge in [0.2, 0.25) is 0 Å². The summed E-state index contributed by atoms with van der Waals surface area (Å²) in [5.74, 6) is 0. The second-order valence-corrected chi connectivity index (χ2v) is 4.88. The molecule has 1 aliphatic rings. The maximum atomic E-state index is 9.55. The summed E-state index contributed by atoms with van der Waals surface area (Å²) >= 11 is 7.59. The van der Waals surface area contributed by atoms with Crippen molar-refractivity contribution < 1.29 is 9.84 Å². The molecule has 1 aromatic carbocycles. The van der Waals surface area contributed by atoms with E-state index in [1.54, 1.807) is 11.8 Å². The molecule has 0 aromatic heterocycles. The summed E-state index contributed by atoms with van der Waals surface area (Å²) in [4.78, 5) is 1.00. The Hall–Kier alpha value is -0.220. The molecular weight excluding hydrogens is 220 g/mol. The molecule has 1 aromatic rings. The van der Waals surface area contributed by atoms with E-state index in [4.69, 9.17) is 16.3 Å². The highest BCUT2D eigenvalue weighted by atomic mass is 35.5. The fourth-order valence-electron chi connectivity index (χ4n) is 1.34. The zero-order valence-corrected chi connectivity index (χ0v) is 9.09. The summed E-state index contributed by atoms with van der Waals surface area (Å²) in [5.41, 5.74) is 0. The fraction of sp³-hybridized carbons (Fsp3) is 0.400. The highest BCUT2D eigenvalue weighted by Gasteiger charge is 2.27. The molecule has 76 valence electrons. The van der Waals surface area contributed by atoms with Crippen LogP contribution in [0, 0.1) is 0 Å². The van der Waals surface area contributed by atoms with Gasteiger partial charge >= 0.3 is 0 Å². The van der Waals surface area contributed by atoms with Crippen molar-refractivity contribution in [3.05, 3.63) is 29.3 Å². The third kappa shape index (κ3) is 2.23. The van der Waals surface area contributed by atoms with Gasteiger partial charge in [-0.1, -0.05) is 23.7 Å². The van der Waals surface area contributed by atoms with Gasteiger partial charge in [-0.05, 0) is 12.1 Å². The van der Waals surface area contributed by atoms with Gasteiger partial charge in [0.05, 0.1) is 29.6 Å². The minimum Gasteiger partial charge on any atom is -0.389 e. The quantitative estimate of drug-likeness (QED) is 0.845. The molecule has 1 fully saturated rings. The lowest BCUT2D eigenvalue weighted by atomic mass is 10.3. The molecule has 0 amide bonds. The Morgan fingerprint density at radius 2 is 2.14 bits per heavy atom. The van der Waals surface area contributed by atoms with Crippen molar-refractivity contribution in [1.29, 1.82) is 0 Å². The molecule has 1 heterocycles. The number of hydrogen-bond donors (Lipinski definition) is 1. The highest BCUT2D eigenvalue weighted by Crippen LogP contribution is 2.33. The van der Waals surface area contributed by atoms with E-state index < -0.39 is 0 Å². The Morgan fingerprint density at radius 1 is 1.36 bits per heavy atom. The van der Waals surface area contributed by atoms with Crippen molar-refractivity contribution in [2.45, 2.75) is 16.2 Å². The predicted octanol–water partition coefficient (Wildman–Crippen LogP) is 2.19. The van der Waals surface area contributed by atoms with Crippen LogP contribution in [0.25, 0.3) is 0 Å². The molecule has 1 N–H and O–H groups in total. The van der Waals surface area contributed by atoms with Gasteiger partial charge < -0.3 is 9.84 Å². The van der Waals surface area contributed by atoms with E-state index in [1.165, 1.54) is 0 Å². The summed E-state index contributed by atoms with van der Waals surface area (Å²) < 4.78 is 5.17. The lowest BCUT2D eigenvalue weighted by molar-refractivity contribution is 0.127. The maximum absolute atomic E-state index is 9.55. The van der Waals surface area contributed by atoms with Crippen LogP contribution in [0.5, 0.6) is 0 Å². The fourth-order valence-corrected chi connectivity index (χ4v) is 2.67. The van der Waals surface area contributed by atoms with Crippen molar-refractivity contribution in [2.75, 3.05) is 13.2 Å². The van der Waals surface area contributed by atoms with Crippen LogP contribution in [-0.2, 0) is 4.74 Å². The van der Waals surface area contributed by atoms with Gasteiger partial charge in [0.25, 0.3) is 0 Å². The first-order valence-electron chi connectivity index (χ1n) is 4.44. The second kappa shape index (κ2) is 4.53. The second-order valence-electron chi connectivity index (χ2n) is 3.19. The summed E-state index contributed by atoms with van der Waals surface area (Å²) in [6.45, 7) is 1.03. The minimum atomic E-state index is -0.378. The average Bonchev–Trinajstić information content (AvgIpc) is 2.56. The number of ether oxygens (including phenoxy) is 1. The maximum Gasteiger partial charge on any atom is 0.0917 e. The van der Waals surface area contributed by atoms with E-state index >= 15 is 0 Å². The number of hydrogen-bond acceptors (Lipinski definition) is 3. The molecule has 1 saturated heterocycles. The third-order valence-corrected chi connectivity index (χ3v) is 3.92. The standard InChI is InChI=1S/C10H11ClO2S/c11-7-3-1-2-4-9(7)14-10-6-13-5-8(10)12/h1-4,8,10,12H,5-6H2. The molecule has 2 nitrogen and oxygen atoms in total. The van der Waals surface area contributed by atoms with Gasteiger partial charge in [0.1, 0.15) is 0 Å². The first-order valence-corrected chi connectivity index (χ1v) is 5.70. The number of benzene rings is 1. The van der Waals surface area contributed by atoms with Gasteiger partial charge in [0, 0.05) is 4.90 Å². The van der Waals surface area contributed by atoms with Crippen molar-refractivity contribution in [3.63, 3.8) is 0 Å². The summed E-state index contributed by atoms with van der Waals surface area (Å²) in [6.07, 6.45) is -0.378. The van der Waals surface area contributed by atoms with E-state index in [0.717, 1.165) is 9.92 Å². The van der Waals surface area contributed by atoms with Crippen LogP contribution < -0.4 is 0 Å². The lowest BCUT2D eigenvalue weighted by Gasteiger charge is -2.12. The average molecular weight is 231 g/mol. The van der Waals surface area contributed by atoms with E-state index in [1.807, 2.05) is 24.3 Å². The Morgan fingerprint density at radius 3 is 2.79 bits per heavy atom. The monoisotopic (exact) mass is 230 g/mol. The normalized spacial score (nSPS) is 26.7. The molecule has 0 bridgehead atoms. The Labute approximate surface area is 92.2 Å². The smallest absolute Gasteiger partial charge is 0.0917 e. The molecule has 0 spiro atoms. The van der Waals surface area contributed by atoms with Crippen molar-refractivity contribution >= 4 is 23.4 Å². The van der Waals surface area contributed by atoms with Crippen molar-refractivity contribution in [3.8, 4) is 0 Å². The Bertz CT molecular complexity index is 319. The van der Waals surface area contributed by atoms with E-state index in [9.17, 15) is 5.11 Å². The van der Waals surface area contributed by atoms with Gasteiger partial charge in [-0.3, -0.25) is 0 Å². The molecule has 2 rings (SSSR count). The van der Waals surface area contributed by atoms with Crippen LogP contribution in [0.4, 0.5) is 0 Å². The molecule has 2 unspecified atom stereocenters. The number of rotatable bonds is 2. The van der Waals surface area contributed by atoms with Crippen LogP contribution >= 0.6 is 23.4 Å². The number of thioether (sulfide) groups is 1. The summed E-state index contributed by atoms with van der Waals surface area (Å²) in [7, 11) is 0. The molecule has 0 saturated carbocycles. The van der Waals surface area contributed by atoms with Crippen molar-refractivity contribution in [2.24, 2.45) is 0 Å². The Balaban J connectivity index is 2.07. The molecule has 4 heteroatoms.